The summed E-state index contributed by atoms with van der Waals surface area (Å²) >= 11 is 0. The molecule has 1 aliphatic carbocycles. The summed E-state index contributed by atoms with van der Waals surface area (Å²) in [6.45, 7) is 4.03. The average Bonchev–Trinajstić information content (AvgIpc) is 3.14. The number of hydrogen-bond acceptors (Lipinski definition) is 3. The van der Waals surface area contributed by atoms with Crippen LogP contribution in [-0.4, -0.2) is 34.6 Å². The monoisotopic (exact) mass is 284 g/mol. The SMILES string of the molecule is Cc1nc2cc(C3CC(CN)CN3C)ccc2n1C1CC1. The summed E-state index contributed by atoms with van der Waals surface area (Å²) in [7, 11) is 2.21. The molecule has 21 heavy (non-hydrogen) atoms. The van der Waals surface area contributed by atoms with E-state index in [9.17, 15) is 0 Å². The Bertz CT molecular complexity index is 671. The van der Waals surface area contributed by atoms with Gasteiger partial charge in [-0.2, -0.15) is 0 Å². The lowest BCUT2D eigenvalue weighted by molar-refractivity contribution is 0.314. The second-order valence-corrected chi connectivity index (χ2v) is 6.80. The molecule has 1 saturated heterocycles. The number of hydrogen-bond donors (Lipinski definition) is 1. The van der Waals surface area contributed by atoms with E-state index in [1.165, 1.54) is 30.3 Å². The van der Waals surface area contributed by atoms with Crippen molar-refractivity contribution in [3.05, 3.63) is 29.6 Å². The van der Waals surface area contributed by atoms with Crippen molar-refractivity contribution in [2.45, 2.75) is 38.3 Å². The molecule has 2 fully saturated rings. The quantitative estimate of drug-likeness (QED) is 0.942. The predicted molar refractivity (Wildman–Crippen MR) is 85.3 cm³/mol. The first-order valence-corrected chi connectivity index (χ1v) is 8.06. The standard InChI is InChI=1S/C17H24N4/c1-11-19-15-8-13(17-7-12(9-18)10-20(17)2)3-6-16(15)21(11)14-4-5-14/h3,6,8,12,14,17H,4-5,7,9-10,18H2,1-2H3. The van der Waals surface area contributed by atoms with Crippen LogP contribution in [0.2, 0.25) is 0 Å². The molecule has 2 heterocycles. The lowest BCUT2D eigenvalue weighted by atomic mass is 9.99. The predicted octanol–water partition coefficient (Wildman–Crippen LogP) is 2.63. The van der Waals surface area contributed by atoms with Gasteiger partial charge in [0.1, 0.15) is 5.82 Å². The zero-order valence-corrected chi connectivity index (χ0v) is 12.9. The Balaban J connectivity index is 1.71. The first-order valence-electron chi connectivity index (χ1n) is 8.06. The molecule has 112 valence electrons. The van der Waals surface area contributed by atoms with Crippen molar-refractivity contribution in [1.82, 2.24) is 14.5 Å². The average molecular weight is 284 g/mol. The Kier molecular flexibility index (Phi) is 3.05. The topological polar surface area (TPSA) is 47.1 Å². The van der Waals surface area contributed by atoms with Gasteiger partial charge in [-0.3, -0.25) is 4.90 Å². The van der Waals surface area contributed by atoms with Gasteiger partial charge in [0, 0.05) is 18.6 Å². The molecule has 1 aliphatic heterocycles. The summed E-state index contributed by atoms with van der Waals surface area (Å²) in [5.41, 5.74) is 9.69. The number of fused-ring (bicyclic) bond motifs is 1. The molecule has 0 spiro atoms. The highest BCUT2D eigenvalue weighted by molar-refractivity contribution is 5.77. The third-order valence-electron chi connectivity index (χ3n) is 5.15. The lowest BCUT2D eigenvalue weighted by Crippen LogP contribution is -2.20. The summed E-state index contributed by atoms with van der Waals surface area (Å²) < 4.78 is 2.42. The molecule has 1 aromatic heterocycles. The van der Waals surface area contributed by atoms with Gasteiger partial charge >= 0.3 is 0 Å². The minimum absolute atomic E-state index is 0.495. The summed E-state index contributed by atoms with van der Waals surface area (Å²) in [6.07, 6.45) is 3.77. The number of rotatable bonds is 3. The number of nitrogens with two attached hydrogens (primary N) is 1. The van der Waals surface area contributed by atoms with Gasteiger partial charge in [0.05, 0.1) is 11.0 Å². The van der Waals surface area contributed by atoms with Gasteiger partial charge in [0.25, 0.3) is 0 Å². The molecule has 4 nitrogen and oxygen atoms in total. The van der Waals surface area contributed by atoms with E-state index in [-0.39, 0.29) is 0 Å². The van der Waals surface area contributed by atoms with Crippen molar-refractivity contribution in [2.24, 2.45) is 11.7 Å². The van der Waals surface area contributed by atoms with Crippen LogP contribution in [0.3, 0.4) is 0 Å². The van der Waals surface area contributed by atoms with Gasteiger partial charge in [0.15, 0.2) is 0 Å². The minimum Gasteiger partial charge on any atom is -0.330 e. The van der Waals surface area contributed by atoms with Gasteiger partial charge in [-0.05, 0) is 63.4 Å². The first-order chi connectivity index (χ1) is 10.2. The fourth-order valence-electron chi connectivity index (χ4n) is 3.90. The lowest BCUT2D eigenvalue weighted by Gasteiger charge is -2.19. The van der Waals surface area contributed by atoms with Crippen molar-refractivity contribution in [3.63, 3.8) is 0 Å². The molecule has 0 bridgehead atoms. The van der Waals surface area contributed by atoms with Crippen LogP contribution in [0.15, 0.2) is 18.2 Å². The van der Waals surface area contributed by atoms with E-state index in [1.807, 2.05) is 0 Å². The Hall–Kier alpha value is -1.39. The molecule has 1 aromatic carbocycles. The molecule has 4 heteroatoms. The molecule has 2 atom stereocenters. The van der Waals surface area contributed by atoms with Crippen molar-refractivity contribution >= 4 is 11.0 Å². The van der Waals surface area contributed by atoms with E-state index in [1.54, 1.807) is 0 Å². The third kappa shape index (κ3) is 2.17. The Morgan fingerprint density at radius 1 is 1.33 bits per heavy atom. The van der Waals surface area contributed by atoms with Crippen LogP contribution < -0.4 is 5.73 Å². The number of imidazole rings is 1. The van der Waals surface area contributed by atoms with Gasteiger partial charge in [0.2, 0.25) is 0 Å². The van der Waals surface area contributed by atoms with Crippen molar-refractivity contribution < 1.29 is 0 Å². The van der Waals surface area contributed by atoms with E-state index >= 15 is 0 Å². The van der Waals surface area contributed by atoms with Crippen LogP contribution in [0.1, 0.15) is 42.7 Å². The molecular formula is C17H24N4. The summed E-state index contributed by atoms with van der Waals surface area (Å²) in [6, 6.07) is 8.04. The van der Waals surface area contributed by atoms with Crippen molar-refractivity contribution in [1.29, 1.82) is 0 Å². The molecule has 2 N–H and O–H groups in total. The van der Waals surface area contributed by atoms with Crippen molar-refractivity contribution in [3.8, 4) is 0 Å². The van der Waals surface area contributed by atoms with E-state index < -0.39 is 0 Å². The fourth-order valence-corrected chi connectivity index (χ4v) is 3.90. The maximum Gasteiger partial charge on any atom is 0.106 e. The van der Waals surface area contributed by atoms with E-state index in [0.717, 1.165) is 24.4 Å². The van der Waals surface area contributed by atoms with Crippen LogP contribution in [0.4, 0.5) is 0 Å². The fraction of sp³-hybridized carbons (Fsp3) is 0.588. The second-order valence-electron chi connectivity index (χ2n) is 6.80. The zero-order valence-electron chi connectivity index (χ0n) is 12.9. The van der Waals surface area contributed by atoms with Crippen LogP contribution in [0.25, 0.3) is 11.0 Å². The third-order valence-corrected chi connectivity index (χ3v) is 5.15. The van der Waals surface area contributed by atoms with Crippen LogP contribution >= 0.6 is 0 Å². The Morgan fingerprint density at radius 2 is 2.14 bits per heavy atom. The Morgan fingerprint density at radius 3 is 2.81 bits per heavy atom. The van der Waals surface area contributed by atoms with Crippen molar-refractivity contribution in [2.75, 3.05) is 20.1 Å². The molecule has 1 saturated carbocycles. The molecule has 2 unspecified atom stereocenters. The second kappa shape index (κ2) is 4.82. The minimum atomic E-state index is 0.495. The van der Waals surface area contributed by atoms with E-state index in [4.69, 9.17) is 10.7 Å². The van der Waals surface area contributed by atoms with Gasteiger partial charge in [-0.15, -0.1) is 0 Å². The number of nitrogens with zero attached hydrogens (tertiary/aromatic N) is 3. The van der Waals surface area contributed by atoms with Gasteiger partial charge < -0.3 is 10.3 Å². The maximum atomic E-state index is 5.85. The van der Waals surface area contributed by atoms with Gasteiger partial charge in [-0.1, -0.05) is 6.07 Å². The number of aryl methyl sites for hydroxylation is 1. The molecule has 2 aliphatic rings. The van der Waals surface area contributed by atoms with Gasteiger partial charge in [-0.25, -0.2) is 4.98 Å². The summed E-state index contributed by atoms with van der Waals surface area (Å²) in [5, 5.41) is 0. The largest absolute Gasteiger partial charge is 0.330 e. The highest BCUT2D eigenvalue weighted by Crippen LogP contribution is 2.40. The number of likely N-dealkylation sites (tertiary alicyclic amines) is 1. The molecule has 2 aromatic rings. The molecular weight excluding hydrogens is 260 g/mol. The molecule has 4 rings (SSSR count). The summed E-state index contributed by atoms with van der Waals surface area (Å²) in [4.78, 5) is 7.22. The number of benzene rings is 1. The van der Waals surface area contributed by atoms with E-state index in [0.29, 0.717) is 18.0 Å². The van der Waals surface area contributed by atoms with Crippen LogP contribution in [0.5, 0.6) is 0 Å². The highest BCUT2D eigenvalue weighted by atomic mass is 15.2. The molecule has 0 amide bonds. The van der Waals surface area contributed by atoms with Crippen LogP contribution in [-0.2, 0) is 0 Å². The zero-order chi connectivity index (χ0) is 14.6. The maximum absolute atomic E-state index is 5.85. The Labute approximate surface area is 125 Å². The first kappa shape index (κ1) is 13.3. The normalized spacial score (nSPS) is 26.8. The van der Waals surface area contributed by atoms with Crippen LogP contribution in [0, 0.1) is 12.8 Å². The smallest absolute Gasteiger partial charge is 0.106 e. The summed E-state index contributed by atoms with van der Waals surface area (Å²) in [5.74, 6) is 1.78. The molecule has 0 radical (unpaired) electrons. The highest BCUT2D eigenvalue weighted by Gasteiger charge is 2.31. The van der Waals surface area contributed by atoms with E-state index in [2.05, 4.69) is 41.6 Å². The number of aromatic nitrogens is 2.